The first-order valence-corrected chi connectivity index (χ1v) is 5.85. The first kappa shape index (κ1) is 13.7. The van der Waals surface area contributed by atoms with Crippen molar-refractivity contribution in [2.24, 2.45) is 0 Å². The fourth-order valence-electron chi connectivity index (χ4n) is 1.33. The van der Waals surface area contributed by atoms with Crippen molar-refractivity contribution in [3.63, 3.8) is 0 Å². The lowest BCUT2D eigenvalue weighted by atomic mass is 10.2. The maximum absolute atomic E-state index is 12.9. The molecular weight excluding hydrogens is 329 g/mol. The highest BCUT2D eigenvalue weighted by atomic mass is 79.9. The molecule has 4 nitrogen and oxygen atoms in total. The van der Waals surface area contributed by atoms with Gasteiger partial charge in [0.1, 0.15) is 5.82 Å². The van der Waals surface area contributed by atoms with Crippen LogP contribution in [0.15, 0.2) is 27.2 Å². The van der Waals surface area contributed by atoms with Crippen molar-refractivity contribution in [2.75, 3.05) is 0 Å². The molecule has 0 saturated carbocycles. The van der Waals surface area contributed by atoms with Gasteiger partial charge in [-0.15, -0.1) is 0 Å². The molecular formula is C11H6BrF3N2O2. The van der Waals surface area contributed by atoms with E-state index in [2.05, 4.69) is 26.1 Å². The molecule has 100 valence electrons. The molecule has 0 unspecified atom stereocenters. The van der Waals surface area contributed by atoms with Crippen molar-refractivity contribution in [3.8, 4) is 11.4 Å². The van der Waals surface area contributed by atoms with Gasteiger partial charge in [-0.3, -0.25) is 4.79 Å². The Morgan fingerprint density at radius 2 is 2.16 bits per heavy atom. The van der Waals surface area contributed by atoms with Gasteiger partial charge in [0.2, 0.25) is 17.5 Å². The number of hydrogen-bond acceptors (Lipinski definition) is 4. The van der Waals surface area contributed by atoms with Gasteiger partial charge in [-0.1, -0.05) is 5.16 Å². The molecule has 19 heavy (non-hydrogen) atoms. The third-order valence-corrected chi connectivity index (χ3v) is 2.87. The molecule has 0 amide bonds. The van der Waals surface area contributed by atoms with E-state index < -0.39 is 24.4 Å². The van der Waals surface area contributed by atoms with Crippen molar-refractivity contribution in [1.82, 2.24) is 10.1 Å². The van der Waals surface area contributed by atoms with E-state index in [1.807, 2.05) is 0 Å². The summed E-state index contributed by atoms with van der Waals surface area (Å²) in [5.41, 5.74) is 0.431. The lowest BCUT2D eigenvalue weighted by Crippen LogP contribution is -2.12. The second kappa shape index (κ2) is 5.52. The number of aromatic nitrogens is 2. The first-order valence-electron chi connectivity index (χ1n) is 5.06. The monoisotopic (exact) mass is 334 g/mol. The van der Waals surface area contributed by atoms with Crippen LogP contribution in [0, 0.1) is 5.82 Å². The predicted octanol–water partition coefficient (Wildman–Crippen LogP) is 3.01. The highest BCUT2D eigenvalue weighted by Crippen LogP contribution is 2.26. The van der Waals surface area contributed by atoms with E-state index in [0.717, 1.165) is 0 Å². The molecule has 0 aliphatic heterocycles. The van der Waals surface area contributed by atoms with E-state index in [1.165, 1.54) is 18.2 Å². The van der Waals surface area contributed by atoms with E-state index >= 15 is 0 Å². The summed E-state index contributed by atoms with van der Waals surface area (Å²) in [4.78, 5) is 14.6. The number of ketones is 1. The summed E-state index contributed by atoms with van der Waals surface area (Å²) in [7, 11) is 0. The maximum Gasteiger partial charge on any atom is 0.296 e. The van der Waals surface area contributed by atoms with Crippen LogP contribution in [0.25, 0.3) is 11.4 Å². The van der Waals surface area contributed by atoms with Gasteiger partial charge < -0.3 is 4.52 Å². The summed E-state index contributed by atoms with van der Waals surface area (Å²) in [6.07, 6.45) is -3.71. The number of rotatable bonds is 4. The van der Waals surface area contributed by atoms with Gasteiger partial charge in [-0.05, 0) is 34.1 Å². The molecule has 0 saturated heterocycles. The van der Waals surface area contributed by atoms with Gasteiger partial charge in [0.05, 0.1) is 6.42 Å². The van der Waals surface area contributed by atoms with Crippen LogP contribution >= 0.6 is 15.9 Å². The number of carbonyl (C=O) groups is 1. The van der Waals surface area contributed by atoms with Gasteiger partial charge in [-0.2, -0.15) is 4.98 Å². The van der Waals surface area contributed by atoms with Crippen molar-refractivity contribution in [1.29, 1.82) is 0 Å². The summed E-state index contributed by atoms with van der Waals surface area (Å²) >= 11 is 3.12. The summed E-state index contributed by atoms with van der Waals surface area (Å²) < 4.78 is 42.1. The SMILES string of the molecule is O=C(Cc1nc(-c2ccc(F)cc2Br)no1)C(F)F. The summed E-state index contributed by atoms with van der Waals surface area (Å²) in [5, 5.41) is 3.55. The Balaban J connectivity index is 2.23. The largest absolute Gasteiger partial charge is 0.338 e. The molecule has 0 spiro atoms. The van der Waals surface area contributed by atoms with Crippen LogP contribution < -0.4 is 0 Å². The quantitative estimate of drug-likeness (QED) is 0.862. The van der Waals surface area contributed by atoms with E-state index in [1.54, 1.807) is 0 Å². The molecule has 0 fully saturated rings. The fourth-order valence-corrected chi connectivity index (χ4v) is 1.86. The van der Waals surface area contributed by atoms with Crippen LogP contribution in [0.4, 0.5) is 13.2 Å². The zero-order valence-electron chi connectivity index (χ0n) is 9.24. The minimum atomic E-state index is -3.08. The second-order valence-corrected chi connectivity index (χ2v) is 4.43. The number of benzene rings is 1. The van der Waals surface area contributed by atoms with Gasteiger partial charge >= 0.3 is 0 Å². The minimum Gasteiger partial charge on any atom is -0.338 e. The molecule has 1 heterocycles. The number of halogens is 4. The highest BCUT2D eigenvalue weighted by Gasteiger charge is 2.20. The first-order chi connectivity index (χ1) is 8.97. The number of alkyl halides is 2. The van der Waals surface area contributed by atoms with Crippen LogP contribution in [0.1, 0.15) is 5.89 Å². The molecule has 2 rings (SSSR count). The Morgan fingerprint density at radius 3 is 2.79 bits per heavy atom. The average Bonchev–Trinajstić information content (AvgIpc) is 2.77. The van der Waals surface area contributed by atoms with Crippen molar-refractivity contribution in [2.45, 2.75) is 12.8 Å². The molecule has 0 N–H and O–H groups in total. The molecule has 2 aromatic rings. The molecule has 1 aromatic carbocycles. The standard InChI is InChI=1S/C11H6BrF3N2O2/c12-7-3-5(13)1-2-6(7)11-16-9(19-17-11)4-8(18)10(14)15/h1-3,10H,4H2. The third-order valence-electron chi connectivity index (χ3n) is 2.21. The van der Waals surface area contributed by atoms with E-state index in [0.29, 0.717) is 10.0 Å². The Kier molecular flexibility index (Phi) is 3.98. The third kappa shape index (κ3) is 3.19. The van der Waals surface area contributed by atoms with E-state index in [-0.39, 0.29) is 11.7 Å². The predicted molar refractivity (Wildman–Crippen MR) is 62.1 cm³/mol. The normalized spacial score (nSPS) is 11.0. The zero-order chi connectivity index (χ0) is 14.0. The van der Waals surface area contributed by atoms with Crippen molar-refractivity contribution < 1.29 is 22.5 Å². The average molecular weight is 335 g/mol. The Labute approximate surface area is 113 Å². The number of nitrogens with zero attached hydrogens (tertiary/aromatic N) is 2. The summed E-state index contributed by atoms with van der Waals surface area (Å²) in [6, 6.07) is 3.80. The smallest absolute Gasteiger partial charge is 0.296 e. The van der Waals surface area contributed by atoms with Crippen LogP contribution in [0.5, 0.6) is 0 Å². The number of hydrogen-bond donors (Lipinski definition) is 0. The van der Waals surface area contributed by atoms with Gasteiger partial charge in [0, 0.05) is 10.0 Å². The lowest BCUT2D eigenvalue weighted by molar-refractivity contribution is -0.129. The molecule has 0 bridgehead atoms. The maximum atomic E-state index is 12.9. The molecule has 0 radical (unpaired) electrons. The molecule has 0 aliphatic rings. The highest BCUT2D eigenvalue weighted by molar-refractivity contribution is 9.10. The van der Waals surface area contributed by atoms with E-state index in [4.69, 9.17) is 4.52 Å². The van der Waals surface area contributed by atoms with Gasteiger partial charge in [0.15, 0.2) is 0 Å². The Hall–Kier alpha value is -1.70. The fraction of sp³-hybridized carbons (Fsp3) is 0.182. The zero-order valence-corrected chi connectivity index (χ0v) is 10.8. The topological polar surface area (TPSA) is 56.0 Å². The molecule has 8 heteroatoms. The lowest BCUT2D eigenvalue weighted by Gasteiger charge is -1.98. The van der Waals surface area contributed by atoms with Crippen LogP contribution in [-0.4, -0.2) is 22.3 Å². The van der Waals surface area contributed by atoms with Crippen LogP contribution in [0.3, 0.4) is 0 Å². The van der Waals surface area contributed by atoms with Crippen molar-refractivity contribution >= 4 is 21.7 Å². The Bertz CT molecular complexity index is 616. The van der Waals surface area contributed by atoms with Crippen molar-refractivity contribution in [3.05, 3.63) is 34.4 Å². The minimum absolute atomic E-state index is 0.0870. The van der Waals surface area contributed by atoms with Crippen LogP contribution in [0.2, 0.25) is 0 Å². The number of Topliss-reactive ketones (excluding diaryl/α,β-unsaturated/α-hetero) is 1. The Morgan fingerprint density at radius 1 is 1.42 bits per heavy atom. The molecule has 0 aliphatic carbocycles. The second-order valence-electron chi connectivity index (χ2n) is 3.58. The van der Waals surface area contributed by atoms with Crippen LogP contribution in [-0.2, 0) is 11.2 Å². The van der Waals surface area contributed by atoms with Gasteiger partial charge in [-0.25, -0.2) is 13.2 Å². The molecule has 0 atom stereocenters. The van der Waals surface area contributed by atoms with Gasteiger partial charge in [0.25, 0.3) is 6.43 Å². The molecule has 1 aromatic heterocycles. The summed E-state index contributed by atoms with van der Waals surface area (Å²) in [6.45, 7) is 0. The summed E-state index contributed by atoms with van der Waals surface area (Å²) in [5.74, 6) is -1.87. The number of carbonyl (C=O) groups excluding carboxylic acids is 1. The van der Waals surface area contributed by atoms with E-state index in [9.17, 15) is 18.0 Å².